The number of morpholine rings is 1. The number of anilines is 4. The second kappa shape index (κ2) is 10.8. The molecular formula is C22H31N7O2S. The molecule has 10 heteroatoms. The lowest BCUT2D eigenvalue weighted by Gasteiger charge is -2.35. The zero-order valence-electron chi connectivity index (χ0n) is 18.7. The molecule has 1 amide bonds. The van der Waals surface area contributed by atoms with Gasteiger partial charge in [0.1, 0.15) is 11.6 Å². The lowest BCUT2D eigenvalue weighted by atomic mass is 10.2. The van der Waals surface area contributed by atoms with Gasteiger partial charge in [-0.1, -0.05) is 11.8 Å². The molecule has 2 aliphatic rings. The fourth-order valence-electron chi connectivity index (χ4n) is 3.87. The second-order valence-corrected chi connectivity index (χ2v) is 8.58. The number of ether oxygens (including phenoxy) is 1. The number of amides is 1. The van der Waals surface area contributed by atoms with Crippen molar-refractivity contribution in [2.45, 2.75) is 5.16 Å². The fraction of sp³-hybridized carbons (Fsp3) is 0.500. The van der Waals surface area contributed by atoms with E-state index in [-0.39, 0.29) is 5.91 Å². The van der Waals surface area contributed by atoms with Crippen LogP contribution < -0.4 is 20.4 Å². The molecule has 0 unspecified atom stereocenters. The van der Waals surface area contributed by atoms with Crippen LogP contribution in [0.3, 0.4) is 0 Å². The van der Waals surface area contributed by atoms with Gasteiger partial charge < -0.3 is 25.2 Å². The van der Waals surface area contributed by atoms with Crippen LogP contribution in [-0.4, -0.2) is 93.1 Å². The lowest BCUT2D eigenvalue weighted by molar-refractivity contribution is -0.121. The van der Waals surface area contributed by atoms with E-state index in [0.717, 1.165) is 75.0 Å². The molecule has 32 heavy (non-hydrogen) atoms. The third-order valence-corrected chi connectivity index (χ3v) is 6.28. The van der Waals surface area contributed by atoms with Crippen LogP contribution in [0.1, 0.15) is 0 Å². The van der Waals surface area contributed by atoms with Gasteiger partial charge in [0.15, 0.2) is 5.16 Å². The van der Waals surface area contributed by atoms with Crippen LogP contribution in [0.2, 0.25) is 0 Å². The molecular weight excluding hydrogens is 426 g/mol. The summed E-state index contributed by atoms with van der Waals surface area (Å²) < 4.78 is 5.44. The van der Waals surface area contributed by atoms with E-state index in [1.54, 1.807) is 7.05 Å². The number of hydrogen-bond donors (Lipinski definition) is 2. The molecule has 2 aromatic rings. The number of rotatable bonds is 7. The predicted octanol–water partition coefficient (Wildman–Crippen LogP) is 1.65. The molecule has 0 radical (unpaired) electrons. The maximum absolute atomic E-state index is 11.6. The van der Waals surface area contributed by atoms with E-state index in [1.165, 1.54) is 17.4 Å². The summed E-state index contributed by atoms with van der Waals surface area (Å²) in [6.07, 6.45) is 1.99. The highest BCUT2D eigenvalue weighted by molar-refractivity contribution is 7.98. The van der Waals surface area contributed by atoms with Crippen molar-refractivity contribution in [3.63, 3.8) is 0 Å². The molecule has 1 aromatic heterocycles. The zero-order chi connectivity index (χ0) is 22.3. The Hall–Kier alpha value is -2.56. The number of carbonyl (C=O) groups is 1. The maximum atomic E-state index is 11.6. The average molecular weight is 458 g/mol. The van der Waals surface area contributed by atoms with E-state index >= 15 is 0 Å². The normalized spacial score (nSPS) is 17.3. The molecule has 0 atom stereocenters. The van der Waals surface area contributed by atoms with Gasteiger partial charge in [-0.3, -0.25) is 9.69 Å². The number of nitrogens with one attached hydrogen (secondary N) is 2. The lowest BCUT2D eigenvalue weighted by Crippen LogP contribution is -2.49. The minimum absolute atomic E-state index is 0.0521. The molecule has 1 aromatic carbocycles. The van der Waals surface area contributed by atoms with Crippen molar-refractivity contribution in [2.75, 3.05) is 87.4 Å². The molecule has 0 saturated carbocycles. The monoisotopic (exact) mass is 457 g/mol. The number of benzene rings is 1. The first-order valence-electron chi connectivity index (χ1n) is 11.0. The van der Waals surface area contributed by atoms with Gasteiger partial charge in [-0.05, 0) is 30.5 Å². The standard InChI is InChI=1S/C22H31N7O2S/c1-23-21(30)16-27-7-9-29(10-8-27)20-15-19(25-22(26-20)32-2)24-17-3-5-18(6-4-17)28-11-13-31-14-12-28/h3-6,15H,7-14,16H2,1-2H3,(H,23,30)(H,24,25,26). The smallest absolute Gasteiger partial charge is 0.233 e. The van der Waals surface area contributed by atoms with Crippen molar-refractivity contribution in [3.05, 3.63) is 30.3 Å². The van der Waals surface area contributed by atoms with Crippen LogP contribution >= 0.6 is 11.8 Å². The van der Waals surface area contributed by atoms with Crippen LogP contribution in [0.5, 0.6) is 0 Å². The topological polar surface area (TPSA) is 85.9 Å². The van der Waals surface area contributed by atoms with Crippen LogP contribution in [-0.2, 0) is 9.53 Å². The molecule has 2 saturated heterocycles. The summed E-state index contributed by atoms with van der Waals surface area (Å²) in [5.41, 5.74) is 2.20. The first kappa shape index (κ1) is 22.6. The maximum Gasteiger partial charge on any atom is 0.233 e. The third kappa shape index (κ3) is 5.81. The van der Waals surface area contributed by atoms with E-state index in [4.69, 9.17) is 9.72 Å². The fourth-order valence-corrected chi connectivity index (χ4v) is 4.25. The summed E-state index contributed by atoms with van der Waals surface area (Å²) in [6.45, 7) is 7.17. The van der Waals surface area contributed by atoms with E-state index in [9.17, 15) is 4.79 Å². The highest BCUT2D eigenvalue weighted by Gasteiger charge is 2.21. The van der Waals surface area contributed by atoms with Gasteiger partial charge in [0.05, 0.1) is 19.8 Å². The van der Waals surface area contributed by atoms with Crippen molar-refractivity contribution in [3.8, 4) is 0 Å². The van der Waals surface area contributed by atoms with Gasteiger partial charge in [0.2, 0.25) is 5.91 Å². The Morgan fingerprint density at radius 2 is 1.75 bits per heavy atom. The first-order valence-corrected chi connectivity index (χ1v) is 12.2. The quantitative estimate of drug-likeness (QED) is 0.476. The van der Waals surface area contributed by atoms with Crippen LogP contribution in [0.4, 0.5) is 23.0 Å². The summed E-state index contributed by atoms with van der Waals surface area (Å²) in [5.74, 6) is 1.75. The summed E-state index contributed by atoms with van der Waals surface area (Å²) in [5, 5.41) is 6.86. The minimum Gasteiger partial charge on any atom is -0.378 e. The average Bonchev–Trinajstić information content (AvgIpc) is 2.85. The van der Waals surface area contributed by atoms with Crippen LogP contribution in [0.15, 0.2) is 35.5 Å². The molecule has 0 aliphatic carbocycles. The molecule has 9 nitrogen and oxygen atoms in total. The molecule has 2 N–H and O–H groups in total. The highest BCUT2D eigenvalue weighted by atomic mass is 32.2. The Kier molecular flexibility index (Phi) is 7.67. The van der Waals surface area contributed by atoms with E-state index in [0.29, 0.717) is 6.54 Å². The second-order valence-electron chi connectivity index (χ2n) is 7.81. The number of thioether (sulfide) groups is 1. The number of aromatic nitrogens is 2. The van der Waals surface area contributed by atoms with Crippen molar-refractivity contribution < 1.29 is 9.53 Å². The van der Waals surface area contributed by atoms with E-state index < -0.39 is 0 Å². The van der Waals surface area contributed by atoms with E-state index in [1.807, 2.05) is 12.3 Å². The Morgan fingerprint density at radius 1 is 1.03 bits per heavy atom. The van der Waals surface area contributed by atoms with Crippen molar-refractivity contribution in [2.24, 2.45) is 0 Å². The van der Waals surface area contributed by atoms with Crippen molar-refractivity contribution in [1.82, 2.24) is 20.2 Å². The molecule has 2 fully saturated rings. The highest BCUT2D eigenvalue weighted by Crippen LogP contribution is 2.25. The number of piperazine rings is 1. The number of nitrogens with zero attached hydrogens (tertiary/aromatic N) is 5. The van der Waals surface area contributed by atoms with E-state index in [2.05, 4.69) is 54.6 Å². The zero-order valence-corrected chi connectivity index (χ0v) is 19.5. The Balaban J connectivity index is 1.41. The largest absolute Gasteiger partial charge is 0.378 e. The number of likely N-dealkylation sites (N-methyl/N-ethyl adjacent to an activating group) is 1. The SMILES string of the molecule is CNC(=O)CN1CCN(c2cc(Nc3ccc(N4CCOCC4)cc3)nc(SC)n2)CC1. The van der Waals surface area contributed by atoms with Crippen molar-refractivity contribution in [1.29, 1.82) is 0 Å². The molecule has 172 valence electrons. The van der Waals surface area contributed by atoms with Crippen LogP contribution in [0, 0.1) is 0 Å². The summed E-state index contributed by atoms with van der Waals surface area (Å²) in [6, 6.07) is 10.4. The molecule has 4 rings (SSSR count). The Bertz CT molecular complexity index is 898. The molecule has 0 bridgehead atoms. The number of carbonyl (C=O) groups excluding carboxylic acids is 1. The Labute approximate surface area is 193 Å². The molecule has 2 aliphatic heterocycles. The third-order valence-electron chi connectivity index (χ3n) is 5.73. The van der Waals surface area contributed by atoms with Gasteiger partial charge in [-0.2, -0.15) is 0 Å². The van der Waals surface area contributed by atoms with Gasteiger partial charge in [-0.25, -0.2) is 9.97 Å². The molecule has 0 spiro atoms. The Morgan fingerprint density at radius 3 is 2.41 bits per heavy atom. The molecule has 3 heterocycles. The minimum atomic E-state index is 0.0521. The first-order chi connectivity index (χ1) is 15.6. The van der Waals surface area contributed by atoms with Gasteiger partial charge in [0, 0.05) is 63.8 Å². The summed E-state index contributed by atoms with van der Waals surface area (Å²) >= 11 is 1.53. The summed E-state index contributed by atoms with van der Waals surface area (Å²) in [7, 11) is 1.67. The summed E-state index contributed by atoms with van der Waals surface area (Å²) in [4.78, 5) is 27.8. The van der Waals surface area contributed by atoms with Crippen molar-refractivity contribution >= 4 is 40.7 Å². The number of hydrogen-bond acceptors (Lipinski definition) is 9. The van der Waals surface area contributed by atoms with Gasteiger partial charge in [0.25, 0.3) is 0 Å². The van der Waals surface area contributed by atoms with Gasteiger partial charge in [-0.15, -0.1) is 0 Å². The predicted molar refractivity (Wildman–Crippen MR) is 129 cm³/mol. The van der Waals surface area contributed by atoms with Crippen LogP contribution in [0.25, 0.3) is 0 Å². The van der Waals surface area contributed by atoms with Gasteiger partial charge >= 0.3 is 0 Å².